The number of hydrogen-bond donors (Lipinski definition) is 1. The summed E-state index contributed by atoms with van der Waals surface area (Å²) in [6, 6.07) is 12.0. The first-order chi connectivity index (χ1) is 12.1. The van der Waals surface area contributed by atoms with Crippen LogP contribution in [0.3, 0.4) is 0 Å². The van der Waals surface area contributed by atoms with Crippen molar-refractivity contribution < 1.29 is 9.53 Å². The number of nitrogens with one attached hydrogen (secondary N) is 1. The highest BCUT2D eigenvalue weighted by Gasteiger charge is 2.37. The lowest BCUT2D eigenvalue weighted by atomic mass is 10.0. The SMILES string of the molecule is CCC(Nc1nccc(N2C(=O)OCC2C(C)C)n1)c1ccccc1. The van der Waals surface area contributed by atoms with Crippen LogP contribution >= 0.6 is 0 Å². The van der Waals surface area contributed by atoms with Gasteiger partial charge < -0.3 is 10.1 Å². The average Bonchev–Trinajstić information content (AvgIpc) is 3.02. The van der Waals surface area contributed by atoms with Crippen molar-refractivity contribution in [1.29, 1.82) is 0 Å². The van der Waals surface area contributed by atoms with Crippen molar-refractivity contribution in [2.75, 3.05) is 16.8 Å². The summed E-state index contributed by atoms with van der Waals surface area (Å²) in [5.74, 6) is 1.36. The number of nitrogens with zero attached hydrogens (tertiary/aromatic N) is 3. The molecule has 2 atom stereocenters. The number of carbonyl (C=O) groups is 1. The number of cyclic esters (lactones) is 1. The van der Waals surface area contributed by atoms with Gasteiger partial charge in [-0.25, -0.2) is 9.78 Å². The fourth-order valence-electron chi connectivity index (χ4n) is 3.01. The standard InChI is InChI=1S/C19H24N4O2/c1-4-15(14-8-6-5-7-9-14)21-18-20-11-10-17(22-18)23-16(13(2)3)12-25-19(23)24/h5-11,13,15-16H,4,12H2,1-3H3,(H,20,21,22). The minimum absolute atomic E-state index is 0.00801. The lowest BCUT2D eigenvalue weighted by molar-refractivity contribution is 0.177. The van der Waals surface area contributed by atoms with E-state index in [1.807, 2.05) is 18.2 Å². The third kappa shape index (κ3) is 3.73. The molecular weight excluding hydrogens is 316 g/mol. The molecule has 0 saturated carbocycles. The Morgan fingerprint density at radius 1 is 1.28 bits per heavy atom. The zero-order valence-corrected chi connectivity index (χ0v) is 14.8. The number of ether oxygens (including phenoxy) is 1. The molecule has 25 heavy (non-hydrogen) atoms. The van der Waals surface area contributed by atoms with E-state index in [0.717, 1.165) is 6.42 Å². The normalized spacial score (nSPS) is 18.3. The second-order valence-electron chi connectivity index (χ2n) is 6.51. The van der Waals surface area contributed by atoms with Gasteiger partial charge in [-0.15, -0.1) is 0 Å². The van der Waals surface area contributed by atoms with Crippen LogP contribution in [0.1, 0.15) is 38.8 Å². The van der Waals surface area contributed by atoms with E-state index in [2.05, 4.69) is 48.2 Å². The number of rotatable bonds is 6. The Labute approximate surface area is 148 Å². The Balaban J connectivity index is 1.83. The Kier molecular flexibility index (Phi) is 5.16. The molecule has 1 amide bonds. The van der Waals surface area contributed by atoms with Crippen LogP contribution in [-0.4, -0.2) is 28.7 Å². The molecule has 1 aromatic carbocycles. The molecule has 0 bridgehead atoms. The quantitative estimate of drug-likeness (QED) is 0.860. The van der Waals surface area contributed by atoms with Crippen molar-refractivity contribution in [3.8, 4) is 0 Å². The number of benzene rings is 1. The van der Waals surface area contributed by atoms with Gasteiger partial charge in [-0.3, -0.25) is 4.90 Å². The van der Waals surface area contributed by atoms with Gasteiger partial charge in [0.25, 0.3) is 0 Å². The van der Waals surface area contributed by atoms with Crippen molar-refractivity contribution in [2.45, 2.75) is 39.3 Å². The molecule has 1 fully saturated rings. The van der Waals surface area contributed by atoms with E-state index in [9.17, 15) is 4.79 Å². The zero-order valence-electron chi connectivity index (χ0n) is 14.8. The fourth-order valence-corrected chi connectivity index (χ4v) is 3.01. The summed E-state index contributed by atoms with van der Waals surface area (Å²) in [6.07, 6.45) is 2.22. The van der Waals surface area contributed by atoms with Crippen molar-refractivity contribution in [2.24, 2.45) is 5.92 Å². The van der Waals surface area contributed by atoms with E-state index in [4.69, 9.17) is 4.74 Å². The van der Waals surface area contributed by atoms with Crippen molar-refractivity contribution in [3.05, 3.63) is 48.2 Å². The van der Waals surface area contributed by atoms with E-state index >= 15 is 0 Å². The van der Waals surface area contributed by atoms with Crippen LogP contribution in [-0.2, 0) is 4.74 Å². The van der Waals surface area contributed by atoms with E-state index in [1.165, 1.54) is 5.56 Å². The highest BCUT2D eigenvalue weighted by atomic mass is 16.6. The van der Waals surface area contributed by atoms with Crippen LogP contribution in [0.15, 0.2) is 42.6 Å². The van der Waals surface area contributed by atoms with Gasteiger partial charge in [0.1, 0.15) is 12.4 Å². The van der Waals surface area contributed by atoms with Crippen LogP contribution in [0.5, 0.6) is 0 Å². The van der Waals surface area contributed by atoms with Gasteiger partial charge in [0.05, 0.1) is 12.1 Å². The summed E-state index contributed by atoms with van der Waals surface area (Å²) in [6.45, 7) is 6.65. The predicted molar refractivity (Wildman–Crippen MR) is 97.6 cm³/mol. The van der Waals surface area contributed by atoms with Crippen LogP contribution in [0.25, 0.3) is 0 Å². The molecule has 3 rings (SSSR count). The maximum absolute atomic E-state index is 12.1. The molecule has 6 nitrogen and oxygen atoms in total. The number of anilines is 2. The lowest BCUT2D eigenvalue weighted by Gasteiger charge is -2.24. The second-order valence-corrected chi connectivity index (χ2v) is 6.51. The Hall–Kier alpha value is -2.63. The summed E-state index contributed by atoms with van der Waals surface area (Å²) in [4.78, 5) is 22.6. The molecule has 1 aliphatic rings. The third-order valence-electron chi connectivity index (χ3n) is 4.48. The largest absolute Gasteiger partial charge is 0.447 e. The number of amides is 1. The lowest BCUT2D eigenvalue weighted by Crippen LogP contribution is -2.37. The van der Waals surface area contributed by atoms with E-state index in [-0.39, 0.29) is 24.1 Å². The topological polar surface area (TPSA) is 67.4 Å². The molecule has 2 aromatic rings. The van der Waals surface area contributed by atoms with Gasteiger partial charge in [0, 0.05) is 6.20 Å². The van der Waals surface area contributed by atoms with Crippen LogP contribution in [0.4, 0.5) is 16.6 Å². The first kappa shape index (κ1) is 17.2. The second kappa shape index (κ2) is 7.51. The van der Waals surface area contributed by atoms with Gasteiger partial charge in [-0.05, 0) is 24.0 Å². The van der Waals surface area contributed by atoms with Crippen molar-refractivity contribution in [3.63, 3.8) is 0 Å². The summed E-state index contributed by atoms with van der Waals surface area (Å²) in [7, 11) is 0. The molecular formula is C19H24N4O2. The smallest absolute Gasteiger partial charge is 0.415 e. The average molecular weight is 340 g/mol. The highest BCUT2D eigenvalue weighted by molar-refractivity contribution is 5.89. The van der Waals surface area contributed by atoms with E-state index in [0.29, 0.717) is 18.4 Å². The summed E-state index contributed by atoms with van der Waals surface area (Å²) >= 11 is 0. The molecule has 0 spiro atoms. The van der Waals surface area contributed by atoms with Gasteiger partial charge in [0.2, 0.25) is 5.95 Å². The van der Waals surface area contributed by atoms with E-state index in [1.54, 1.807) is 17.2 Å². The van der Waals surface area contributed by atoms with E-state index < -0.39 is 0 Å². The molecule has 1 saturated heterocycles. The van der Waals surface area contributed by atoms with Gasteiger partial charge in [0.15, 0.2) is 0 Å². The molecule has 1 aromatic heterocycles. The van der Waals surface area contributed by atoms with Crippen LogP contribution < -0.4 is 10.2 Å². The van der Waals surface area contributed by atoms with Crippen LogP contribution in [0, 0.1) is 5.92 Å². The first-order valence-corrected chi connectivity index (χ1v) is 8.70. The molecule has 0 radical (unpaired) electrons. The molecule has 132 valence electrons. The maximum atomic E-state index is 12.1. The number of hydrogen-bond acceptors (Lipinski definition) is 5. The maximum Gasteiger partial charge on any atom is 0.415 e. The Morgan fingerprint density at radius 2 is 2.04 bits per heavy atom. The molecule has 1 aliphatic heterocycles. The fraction of sp³-hybridized carbons (Fsp3) is 0.421. The molecule has 0 aliphatic carbocycles. The van der Waals surface area contributed by atoms with Crippen molar-refractivity contribution in [1.82, 2.24) is 9.97 Å². The highest BCUT2D eigenvalue weighted by Crippen LogP contribution is 2.27. The monoisotopic (exact) mass is 340 g/mol. The minimum atomic E-state index is -0.349. The van der Waals surface area contributed by atoms with Gasteiger partial charge >= 0.3 is 6.09 Å². The minimum Gasteiger partial charge on any atom is -0.447 e. The third-order valence-corrected chi connectivity index (χ3v) is 4.48. The Morgan fingerprint density at radius 3 is 2.72 bits per heavy atom. The summed E-state index contributed by atoms with van der Waals surface area (Å²) in [5, 5.41) is 3.37. The zero-order chi connectivity index (χ0) is 17.8. The number of aromatic nitrogens is 2. The summed E-state index contributed by atoms with van der Waals surface area (Å²) < 4.78 is 5.21. The molecule has 2 unspecified atom stereocenters. The van der Waals surface area contributed by atoms with Crippen molar-refractivity contribution >= 4 is 17.9 Å². The van der Waals surface area contributed by atoms with Gasteiger partial charge in [-0.1, -0.05) is 51.1 Å². The molecule has 6 heteroatoms. The van der Waals surface area contributed by atoms with Gasteiger partial charge in [-0.2, -0.15) is 4.98 Å². The summed E-state index contributed by atoms with van der Waals surface area (Å²) in [5.41, 5.74) is 1.18. The number of carbonyl (C=O) groups excluding carboxylic acids is 1. The molecule has 1 N–H and O–H groups in total. The van der Waals surface area contributed by atoms with Crippen LogP contribution in [0.2, 0.25) is 0 Å². The predicted octanol–water partition coefficient (Wildman–Crippen LogP) is 4.02. The first-order valence-electron chi connectivity index (χ1n) is 8.70. The molecule has 2 heterocycles. The Bertz CT molecular complexity index is 720.